The van der Waals surface area contributed by atoms with Gasteiger partial charge in [0.2, 0.25) is 0 Å². The van der Waals surface area contributed by atoms with Gasteiger partial charge in [0.25, 0.3) is 5.91 Å². The molecule has 2 rings (SSSR count). The summed E-state index contributed by atoms with van der Waals surface area (Å²) >= 11 is 6.00. The summed E-state index contributed by atoms with van der Waals surface area (Å²) in [6, 6.07) is 3.31. The van der Waals surface area contributed by atoms with Crippen LogP contribution in [0.3, 0.4) is 0 Å². The van der Waals surface area contributed by atoms with Crippen LogP contribution in [0.5, 0.6) is 0 Å². The van der Waals surface area contributed by atoms with Gasteiger partial charge in [-0.25, -0.2) is 4.39 Å². The van der Waals surface area contributed by atoms with E-state index < -0.39 is 5.82 Å². The minimum Gasteiger partial charge on any atom is -0.336 e. The van der Waals surface area contributed by atoms with Crippen molar-refractivity contribution in [1.29, 1.82) is 0 Å². The zero-order valence-corrected chi connectivity index (χ0v) is 11.8. The Hall–Kier alpha value is -1.13. The Morgan fingerprint density at radius 2 is 2.11 bits per heavy atom. The molecule has 104 valence electrons. The molecule has 0 saturated carbocycles. The second-order valence-electron chi connectivity index (χ2n) is 4.69. The predicted molar refractivity (Wildman–Crippen MR) is 74.2 cm³/mol. The minimum atomic E-state index is -0.587. The summed E-state index contributed by atoms with van der Waals surface area (Å²) < 4.78 is 14.2. The second kappa shape index (κ2) is 6.35. The SMILES string of the molecule is CCCc1ccc(C(=O)N2CCNCC2)c(F)c1Cl. The Morgan fingerprint density at radius 1 is 1.42 bits per heavy atom. The van der Waals surface area contributed by atoms with Gasteiger partial charge in [-0.2, -0.15) is 0 Å². The number of rotatable bonds is 3. The summed E-state index contributed by atoms with van der Waals surface area (Å²) in [5.74, 6) is -0.861. The normalized spacial score (nSPS) is 15.6. The number of halogens is 2. The van der Waals surface area contributed by atoms with Gasteiger partial charge in [0.15, 0.2) is 5.82 Å². The van der Waals surface area contributed by atoms with Crippen LogP contribution in [0.25, 0.3) is 0 Å². The molecule has 1 fully saturated rings. The number of benzene rings is 1. The van der Waals surface area contributed by atoms with Crippen molar-refractivity contribution in [2.24, 2.45) is 0 Å². The zero-order chi connectivity index (χ0) is 13.8. The minimum absolute atomic E-state index is 0.0757. The van der Waals surface area contributed by atoms with E-state index in [2.05, 4.69) is 5.32 Å². The lowest BCUT2D eigenvalue weighted by Gasteiger charge is -2.27. The fourth-order valence-corrected chi connectivity index (χ4v) is 2.51. The molecular formula is C14H18ClFN2O. The summed E-state index contributed by atoms with van der Waals surface area (Å²) in [6.07, 6.45) is 1.61. The fourth-order valence-electron chi connectivity index (χ4n) is 2.26. The maximum atomic E-state index is 14.2. The lowest BCUT2D eigenvalue weighted by atomic mass is 10.1. The van der Waals surface area contributed by atoms with Crippen molar-refractivity contribution in [3.05, 3.63) is 34.1 Å². The molecule has 0 spiro atoms. The van der Waals surface area contributed by atoms with E-state index in [4.69, 9.17) is 11.6 Å². The average molecular weight is 285 g/mol. The first-order valence-corrected chi connectivity index (χ1v) is 6.99. The molecule has 1 aromatic carbocycles. The van der Waals surface area contributed by atoms with E-state index in [9.17, 15) is 9.18 Å². The van der Waals surface area contributed by atoms with Gasteiger partial charge in [0, 0.05) is 26.2 Å². The van der Waals surface area contributed by atoms with Gasteiger partial charge in [0.05, 0.1) is 10.6 Å². The van der Waals surface area contributed by atoms with Crippen molar-refractivity contribution in [3.63, 3.8) is 0 Å². The molecule has 3 nitrogen and oxygen atoms in total. The number of aryl methyl sites for hydroxylation is 1. The molecule has 1 aliphatic rings. The molecule has 1 amide bonds. The highest BCUT2D eigenvalue weighted by Gasteiger charge is 2.23. The number of hydrogen-bond acceptors (Lipinski definition) is 2. The zero-order valence-electron chi connectivity index (χ0n) is 11.0. The van der Waals surface area contributed by atoms with E-state index in [1.54, 1.807) is 17.0 Å². The van der Waals surface area contributed by atoms with E-state index in [-0.39, 0.29) is 16.5 Å². The van der Waals surface area contributed by atoms with Crippen molar-refractivity contribution in [2.45, 2.75) is 19.8 Å². The molecule has 19 heavy (non-hydrogen) atoms. The third-order valence-electron chi connectivity index (χ3n) is 3.32. The van der Waals surface area contributed by atoms with Crippen LogP contribution >= 0.6 is 11.6 Å². The Labute approximate surface area is 117 Å². The highest BCUT2D eigenvalue weighted by Crippen LogP contribution is 2.25. The third kappa shape index (κ3) is 3.07. The van der Waals surface area contributed by atoms with Gasteiger partial charge in [-0.3, -0.25) is 4.79 Å². The first-order chi connectivity index (χ1) is 9.15. The fraction of sp³-hybridized carbons (Fsp3) is 0.500. The third-order valence-corrected chi connectivity index (χ3v) is 3.72. The molecule has 1 N–H and O–H groups in total. The van der Waals surface area contributed by atoms with E-state index in [1.807, 2.05) is 6.92 Å². The number of amides is 1. The summed E-state index contributed by atoms with van der Waals surface area (Å²) in [6.45, 7) is 4.71. The number of nitrogens with one attached hydrogen (secondary N) is 1. The van der Waals surface area contributed by atoms with Crippen LogP contribution in [-0.2, 0) is 6.42 Å². The molecule has 0 unspecified atom stereocenters. The maximum absolute atomic E-state index is 14.2. The first-order valence-electron chi connectivity index (χ1n) is 6.62. The summed E-state index contributed by atoms with van der Waals surface area (Å²) in [5.41, 5.74) is 0.838. The summed E-state index contributed by atoms with van der Waals surface area (Å²) in [7, 11) is 0. The van der Waals surface area contributed by atoms with E-state index in [0.717, 1.165) is 31.5 Å². The Kier molecular flexibility index (Phi) is 4.77. The van der Waals surface area contributed by atoms with E-state index in [1.165, 1.54) is 0 Å². The van der Waals surface area contributed by atoms with Crippen molar-refractivity contribution in [3.8, 4) is 0 Å². The van der Waals surface area contributed by atoms with Crippen LogP contribution in [0, 0.1) is 5.82 Å². The van der Waals surface area contributed by atoms with Gasteiger partial charge in [-0.1, -0.05) is 31.0 Å². The van der Waals surface area contributed by atoms with Crippen molar-refractivity contribution in [1.82, 2.24) is 10.2 Å². The highest BCUT2D eigenvalue weighted by molar-refractivity contribution is 6.32. The quantitative estimate of drug-likeness (QED) is 0.925. The first kappa shape index (κ1) is 14.3. The molecule has 0 aliphatic carbocycles. The molecule has 1 aromatic rings. The van der Waals surface area contributed by atoms with Gasteiger partial charge >= 0.3 is 0 Å². The standard InChI is InChI=1S/C14H18ClFN2O/c1-2-3-10-4-5-11(13(16)12(10)15)14(19)18-8-6-17-7-9-18/h4-5,17H,2-3,6-9H2,1H3. The molecule has 0 aromatic heterocycles. The van der Waals surface area contributed by atoms with Gasteiger partial charge < -0.3 is 10.2 Å². The van der Waals surface area contributed by atoms with Gasteiger partial charge in [-0.15, -0.1) is 0 Å². The molecule has 1 saturated heterocycles. The average Bonchev–Trinajstić information content (AvgIpc) is 2.45. The Balaban J connectivity index is 2.24. The smallest absolute Gasteiger partial charge is 0.256 e. The molecule has 5 heteroatoms. The van der Waals surface area contributed by atoms with E-state index >= 15 is 0 Å². The Bertz CT molecular complexity index is 473. The van der Waals surface area contributed by atoms with E-state index in [0.29, 0.717) is 13.1 Å². The van der Waals surface area contributed by atoms with Crippen molar-refractivity contribution in [2.75, 3.05) is 26.2 Å². The molecule has 1 heterocycles. The van der Waals surface area contributed by atoms with Gasteiger partial charge in [0.1, 0.15) is 0 Å². The number of hydrogen-bond donors (Lipinski definition) is 1. The van der Waals surface area contributed by atoms with Crippen LogP contribution in [0.4, 0.5) is 4.39 Å². The lowest BCUT2D eigenvalue weighted by Crippen LogP contribution is -2.46. The molecule has 0 atom stereocenters. The predicted octanol–water partition coefficient (Wildman–Crippen LogP) is 2.48. The highest BCUT2D eigenvalue weighted by atomic mass is 35.5. The monoisotopic (exact) mass is 284 g/mol. The largest absolute Gasteiger partial charge is 0.336 e. The maximum Gasteiger partial charge on any atom is 0.256 e. The molecule has 0 bridgehead atoms. The van der Waals surface area contributed by atoms with Crippen LogP contribution in [-0.4, -0.2) is 37.0 Å². The van der Waals surface area contributed by atoms with Crippen LogP contribution in [0.1, 0.15) is 29.3 Å². The van der Waals surface area contributed by atoms with Crippen LogP contribution in [0.15, 0.2) is 12.1 Å². The molecule has 1 aliphatic heterocycles. The number of nitrogens with zero attached hydrogens (tertiary/aromatic N) is 1. The molecule has 0 radical (unpaired) electrons. The number of carbonyl (C=O) groups is 1. The number of piperazine rings is 1. The molecular weight excluding hydrogens is 267 g/mol. The van der Waals surface area contributed by atoms with Crippen molar-refractivity contribution < 1.29 is 9.18 Å². The van der Waals surface area contributed by atoms with Crippen molar-refractivity contribution >= 4 is 17.5 Å². The topological polar surface area (TPSA) is 32.3 Å². The van der Waals surface area contributed by atoms with Crippen LogP contribution < -0.4 is 5.32 Å². The Morgan fingerprint density at radius 3 is 2.74 bits per heavy atom. The summed E-state index contributed by atoms with van der Waals surface area (Å²) in [5, 5.41) is 3.25. The summed E-state index contributed by atoms with van der Waals surface area (Å²) in [4.78, 5) is 13.9. The van der Waals surface area contributed by atoms with Crippen LogP contribution in [0.2, 0.25) is 5.02 Å². The lowest BCUT2D eigenvalue weighted by molar-refractivity contribution is 0.0731. The van der Waals surface area contributed by atoms with Gasteiger partial charge in [-0.05, 0) is 18.1 Å². The second-order valence-corrected chi connectivity index (χ2v) is 5.07. The number of carbonyl (C=O) groups excluding carboxylic acids is 1.